The molecule has 2 heterocycles. The number of aryl methyl sites for hydroxylation is 1. The zero-order valence-electron chi connectivity index (χ0n) is 16.7. The van der Waals surface area contributed by atoms with Crippen LogP contribution in [0, 0.1) is 6.92 Å². The van der Waals surface area contributed by atoms with Crippen molar-refractivity contribution in [3.63, 3.8) is 0 Å². The SMILES string of the molecule is COC(=O)N1CCC(c2cc(C)cc(Nc3ncn(-c4ccccc4)n3)c2)CC1. The van der Waals surface area contributed by atoms with Crippen LogP contribution in [0.2, 0.25) is 0 Å². The summed E-state index contributed by atoms with van der Waals surface area (Å²) in [6.45, 7) is 3.53. The maximum atomic E-state index is 11.7. The van der Waals surface area contributed by atoms with Crippen molar-refractivity contribution >= 4 is 17.7 Å². The second-order valence-electron chi connectivity index (χ2n) is 7.34. The monoisotopic (exact) mass is 391 g/mol. The van der Waals surface area contributed by atoms with Gasteiger partial charge in [0.05, 0.1) is 12.8 Å². The predicted octanol–water partition coefficient (Wildman–Crippen LogP) is 4.27. The molecule has 3 aromatic rings. The fraction of sp³-hybridized carbons (Fsp3) is 0.318. The summed E-state index contributed by atoms with van der Waals surface area (Å²) in [5, 5.41) is 7.85. The van der Waals surface area contributed by atoms with Gasteiger partial charge in [0.2, 0.25) is 5.95 Å². The maximum absolute atomic E-state index is 11.7. The van der Waals surface area contributed by atoms with Crippen molar-refractivity contribution in [2.75, 3.05) is 25.5 Å². The van der Waals surface area contributed by atoms with Gasteiger partial charge in [0.15, 0.2) is 0 Å². The predicted molar refractivity (Wildman–Crippen MR) is 112 cm³/mol. The molecule has 1 saturated heterocycles. The number of amides is 1. The van der Waals surface area contributed by atoms with Crippen molar-refractivity contribution in [2.45, 2.75) is 25.7 Å². The van der Waals surface area contributed by atoms with Gasteiger partial charge >= 0.3 is 6.09 Å². The van der Waals surface area contributed by atoms with E-state index in [-0.39, 0.29) is 6.09 Å². The summed E-state index contributed by atoms with van der Waals surface area (Å²) in [7, 11) is 1.43. The van der Waals surface area contributed by atoms with E-state index in [9.17, 15) is 4.79 Å². The fourth-order valence-corrected chi connectivity index (χ4v) is 3.80. The van der Waals surface area contributed by atoms with E-state index in [1.165, 1.54) is 18.2 Å². The Balaban J connectivity index is 1.47. The molecule has 7 nitrogen and oxygen atoms in total. The molecule has 1 aliphatic heterocycles. The van der Waals surface area contributed by atoms with E-state index < -0.39 is 0 Å². The van der Waals surface area contributed by atoms with Gasteiger partial charge in [-0.1, -0.05) is 24.3 Å². The summed E-state index contributed by atoms with van der Waals surface area (Å²) in [5.41, 5.74) is 4.40. The number of hydrogen-bond acceptors (Lipinski definition) is 5. The van der Waals surface area contributed by atoms with Gasteiger partial charge in [-0.15, -0.1) is 5.10 Å². The van der Waals surface area contributed by atoms with Gasteiger partial charge < -0.3 is 15.0 Å². The van der Waals surface area contributed by atoms with Crippen LogP contribution >= 0.6 is 0 Å². The number of hydrogen-bond donors (Lipinski definition) is 1. The number of para-hydroxylation sites is 1. The standard InChI is InChI=1S/C22H25N5O2/c1-16-12-18(17-8-10-26(11-9-17)22(28)29-2)14-19(13-16)24-21-23-15-27(25-21)20-6-4-3-5-7-20/h3-7,12-15,17H,8-11H2,1-2H3,(H,24,25). The molecule has 4 rings (SSSR count). The van der Waals surface area contributed by atoms with E-state index in [4.69, 9.17) is 4.74 Å². The molecule has 1 N–H and O–H groups in total. The Morgan fingerprint density at radius 1 is 1.14 bits per heavy atom. The smallest absolute Gasteiger partial charge is 0.409 e. The number of piperidine rings is 1. The van der Waals surface area contributed by atoms with Crippen molar-refractivity contribution in [1.82, 2.24) is 19.7 Å². The third-order valence-corrected chi connectivity index (χ3v) is 5.27. The first-order valence-corrected chi connectivity index (χ1v) is 9.81. The van der Waals surface area contributed by atoms with Crippen LogP contribution in [0.1, 0.15) is 29.9 Å². The van der Waals surface area contributed by atoms with Crippen LogP contribution in [0.25, 0.3) is 5.69 Å². The zero-order valence-corrected chi connectivity index (χ0v) is 16.7. The molecule has 29 heavy (non-hydrogen) atoms. The minimum absolute atomic E-state index is 0.241. The fourth-order valence-electron chi connectivity index (χ4n) is 3.80. The van der Waals surface area contributed by atoms with E-state index in [1.54, 1.807) is 15.9 Å². The number of ether oxygens (including phenoxy) is 1. The topological polar surface area (TPSA) is 72.3 Å². The molecule has 2 aromatic carbocycles. The molecule has 0 radical (unpaired) electrons. The van der Waals surface area contributed by atoms with E-state index in [2.05, 4.69) is 40.5 Å². The third-order valence-electron chi connectivity index (χ3n) is 5.27. The number of rotatable bonds is 4. The lowest BCUT2D eigenvalue weighted by Gasteiger charge is -2.31. The number of nitrogens with one attached hydrogen (secondary N) is 1. The van der Waals surface area contributed by atoms with Crippen LogP contribution in [0.4, 0.5) is 16.4 Å². The van der Waals surface area contributed by atoms with Crippen molar-refractivity contribution < 1.29 is 9.53 Å². The van der Waals surface area contributed by atoms with E-state index in [0.29, 0.717) is 11.9 Å². The summed E-state index contributed by atoms with van der Waals surface area (Å²) >= 11 is 0. The largest absolute Gasteiger partial charge is 0.453 e. The first-order chi connectivity index (χ1) is 14.1. The van der Waals surface area contributed by atoms with Gasteiger partial charge in [0.1, 0.15) is 6.33 Å². The normalized spacial score (nSPS) is 14.6. The minimum atomic E-state index is -0.241. The summed E-state index contributed by atoms with van der Waals surface area (Å²) < 4.78 is 6.58. The van der Waals surface area contributed by atoms with Crippen LogP contribution in [0.15, 0.2) is 54.9 Å². The summed E-state index contributed by atoms with van der Waals surface area (Å²) in [6.07, 6.45) is 3.32. The molecule has 1 amide bonds. The Bertz CT molecular complexity index is 978. The molecule has 1 aromatic heterocycles. The van der Waals surface area contributed by atoms with Gasteiger partial charge in [-0.2, -0.15) is 4.98 Å². The highest BCUT2D eigenvalue weighted by Crippen LogP contribution is 2.31. The molecule has 150 valence electrons. The quantitative estimate of drug-likeness (QED) is 0.719. The lowest BCUT2D eigenvalue weighted by atomic mass is 9.88. The Hall–Kier alpha value is -3.35. The molecule has 0 spiro atoms. The molecule has 0 saturated carbocycles. The maximum Gasteiger partial charge on any atom is 0.409 e. The number of benzene rings is 2. The van der Waals surface area contributed by atoms with Gasteiger partial charge in [0.25, 0.3) is 0 Å². The third kappa shape index (κ3) is 4.39. The lowest BCUT2D eigenvalue weighted by Crippen LogP contribution is -2.37. The highest BCUT2D eigenvalue weighted by atomic mass is 16.5. The minimum Gasteiger partial charge on any atom is -0.453 e. The summed E-state index contributed by atoms with van der Waals surface area (Å²) in [6, 6.07) is 16.4. The Labute approximate surface area is 170 Å². The molecular formula is C22H25N5O2. The van der Waals surface area contributed by atoms with Gasteiger partial charge in [0, 0.05) is 18.8 Å². The van der Waals surface area contributed by atoms with Crippen LogP contribution in [0.5, 0.6) is 0 Å². The van der Waals surface area contributed by atoms with Crippen LogP contribution in [-0.2, 0) is 4.74 Å². The number of methoxy groups -OCH3 is 1. The van der Waals surface area contributed by atoms with Gasteiger partial charge in [-0.3, -0.25) is 0 Å². The first-order valence-electron chi connectivity index (χ1n) is 9.81. The highest BCUT2D eigenvalue weighted by molar-refractivity contribution is 5.67. The van der Waals surface area contributed by atoms with Crippen molar-refractivity contribution in [3.8, 4) is 5.69 Å². The molecule has 0 bridgehead atoms. The van der Waals surface area contributed by atoms with E-state index in [0.717, 1.165) is 37.3 Å². The molecular weight excluding hydrogens is 366 g/mol. The molecule has 7 heteroatoms. The average Bonchev–Trinajstić information content (AvgIpc) is 3.22. The first kappa shape index (κ1) is 19.0. The lowest BCUT2D eigenvalue weighted by molar-refractivity contribution is 0.112. The Morgan fingerprint density at radius 2 is 1.90 bits per heavy atom. The number of aromatic nitrogens is 3. The second kappa shape index (κ2) is 8.34. The average molecular weight is 391 g/mol. The number of likely N-dealkylation sites (tertiary alicyclic amines) is 1. The zero-order chi connectivity index (χ0) is 20.2. The second-order valence-corrected chi connectivity index (χ2v) is 7.34. The number of anilines is 2. The number of carbonyl (C=O) groups excluding carboxylic acids is 1. The highest BCUT2D eigenvalue weighted by Gasteiger charge is 2.24. The Kier molecular flexibility index (Phi) is 5.46. The van der Waals surface area contributed by atoms with Crippen molar-refractivity contribution in [1.29, 1.82) is 0 Å². The molecule has 1 aliphatic rings. The van der Waals surface area contributed by atoms with E-state index in [1.807, 2.05) is 30.3 Å². The molecule has 0 atom stereocenters. The van der Waals surface area contributed by atoms with Gasteiger partial charge in [-0.25, -0.2) is 9.48 Å². The van der Waals surface area contributed by atoms with Gasteiger partial charge in [-0.05, 0) is 61.1 Å². The van der Waals surface area contributed by atoms with Crippen LogP contribution < -0.4 is 5.32 Å². The van der Waals surface area contributed by atoms with E-state index >= 15 is 0 Å². The summed E-state index contributed by atoms with van der Waals surface area (Å²) in [4.78, 5) is 17.9. The number of carbonyl (C=O) groups is 1. The van der Waals surface area contributed by atoms with Crippen LogP contribution in [-0.4, -0.2) is 46.0 Å². The molecule has 1 fully saturated rings. The van der Waals surface area contributed by atoms with Crippen molar-refractivity contribution in [2.24, 2.45) is 0 Å². The summed E-state index contributed by atoms with van der Waals surface area (Å²) in [5.74, 6) is 0.983. The molecule has 0 unspecified atom stereocenters. The molecule has 0 aliphatic carbocycles. The van der Waals surface area contributed by atoms with Crippen molar-refractivity contribution in [3.05, 3.63) is 66.0 Å². The Morgan fingerprint density at radius 3 is 2.62 bits per heavy atom. The number of nitrogens with zero attached hydrogens (tertiary/aromatic N) is 4. The van der Waals surface area contributed by atoms with Crippen LogP contribution in [0.3, 0.4) is 0 Å².